The Morgan fingerprint density at radius 3 is 2.33 bits per heavy atom. The number of carbonyl (C=O) groups excluding carboxylic acids is 3. The van der Waals surface area contributed by atoms with E-state index < -0.39 is 35.3 Å². The van der Waals surface area contributed by atoms with Gasteiger partial charge in [0.15, 0.2) is 0 Å². The highest BCUT2D eigenvalue weighted by atomic mass is 19.4. The van der Waals surface area contributed by atoms with Crippen molar-refractivity contribution in [2.45, 2.75) is 108 Å². The molecule has 3 amide bonds. The minimum atomic E-state index is -4.70. The summed E-state index contributed by atoms with van der Waals surface area (Å²) < 4.78 is 45.0. The number of halogens is 3. The quantitative estimate of drug-likeness (QED) is 0.160. The highest BCUT2D eigenvalue weighted by Gasteiger charge is 2.41. The van der Waals surface area contributed by atoms with Crippen molar-refractivity contribution in [3.05, 3.63) is 87.7 Å². The fourth-order valence-electron chi connectivity index (χ4n) is 10.3. The van der Waals surface area contributed by atoms with Crippen molar-refractivity contribution in [3.63, 3.8) is 0 Å². The van der Waals surface area contributed by atoms with Gasteiger partial charge < -0.3 is 10.4 Å². The van der Waals surface area contributed by atoms with Crippen molar-refractivity contribution >= 4 is 45.3 Å². The van der Waals surface area contributed by atoms with Gasteiger partial charge in [0.25, 0.3) is 5.91 Å². The first kappa shape index (κ1) is 41.0. The number of likely N-dealkylation sites (tertiary alicyclic amines) is 1. The van der Waals surface area contributed by atoms with Crippen LogP contribution in [0, 0.1) is 5.92 Å². The van der Waals surface area contributed by atoms with Crippen molar-refractivity contribution in [3.8, 4) is 0 Å². The van der Waals surface area contributed by atoms with Gasteiger partial charge in [-0.2, -0.15) is 18.3 Å². The number of pyridine rings is 1. The zero-order chi connectivity index (χ0) is 43.0. The van der Waals surface area contributed by atoms with Crippen LogP contribution in [0.2, 0.25) is 0 Å². The zero-order valence-corrected chi connectivity index (χ0v) is 34.4. The summed E-state index contributed by atoms with van der Waals surface area (Å²) in [6, 6.07) is 12.9. The Balaban J connectivity index is 0.837. The molecule has 14 nitrogen and oxygen atoms in total. The summed E-state index contributed by atoms with van der Waals surface area (Å²) in [6.45, 7) is 6.78. The number of benzene rings is 2. The number of carbonyl (C=O) groups is 3. The smallest absolute Gasteiger partial charge is 0.386 e. The Morgan fingerprint density at radius 2 is 1.64 bits per heavy atom. The van der Waals surface area contributed by atoms with Gasteiger partial charge in [-0.3, -0.25) is 43.3 Å². The molecule has 1 unspecified atom stereocenters. The number of piperidine rings is 1. The van der Waals surface area contributed by atoms with Crippen LogP contribution in [0.25, 0.3) is 21.9 Å². The molecule has 1 saturated carbocycles. The van der Waals surface area contributed by atoms with Crippen molar-refractivity contribution in [1.82, 2.24) is 39.0 Å². The molecule has 5 aromatic rings. The van der Waals surface area contributed by atoms with Crippen LogP contribution < -0.4 is 16.3 Å². The molecule has 4 fully saturated rings. The first-order valence-electron chi connectivity index (χ1n) is 21.1. The minimum Gasteiger partial charge on any atom is -0.386 e. The lowest BCUT2D eigenvalue weighted by Crippen LogP contribution is -2.54. The molecular formula is C44H50F3N9O5. The van der Waals surface area contributed by atoms with Gasteiger partial charge in [0.2, 0.25) is 11.8 Å². The summed E-state index contributed by atoms with van der Waals surface area (Å²) in [7, 11) is 1.75. The van der Waals surface area contributed by atoms with E-state index in [0.29, 0.717) is 47.6 Å². The fourth-order valence-corrected chi connectivity index (χ4v) is 10.3. The number of aryl methyl sites for hydroxylation is 1. The second-order valence-corrected chi connectivity index (χ2v) is 17.9. The summed E-state index contributed by atoms with van der Waals surface area (Å²) in [5, 5.41) is 21.7. The van der Waals surface area contributed by atoms with Gasteiger partial charge in [0, 0.05) is 74.6 Å². The molecule has 3 N–H and O–H groups in total. The second-order valence-electron chi connectivity index (χ2n) is 17.9. The number of nitrogens with one attached hydrogen (secondary N) is 2. The van der Waals surface area contributed by atoms with Crippen molar-refractivity contribution < 1.29 is 32.7 Å². The van der Waals surface area contributed by atoms with E-state index in [-0.39, 0.29) is 35.4 Å². The average molecular weight is 842 g/mol. The Hall–Kier alpha value is -5.39. The molecule has 3 aliphatic heterocycles. The van der Waals surface area contributed by atoms with E-state index in [1.807, 2.05) is 23.0 Å². The summed E-state index contributed by atoms with van der Waals surface area (Å²) in [4.78, 5) is 59.9. The van der Waals surface area contributed by atoms with Gasteiger partial charge in [-0.05, 0) is 101 Å². The van der Waals surface area contributed by atoms with E-state index >= 15 is 0 Å². The topological polar surface area (TPSA) is 160 Å². The van der Waals surface area contributed by atoms with Crippen LogP contribution in [0.15, 0.2) is 59.5 Å². The highest BCUT2D eigenvalue weighted by molar-refractivity contribution is 6.04. The third-order valence-electron chi connectivity index (χ3n) is 13.3. The lowest BCUT2D eigenvalue weighted by Gasteiger charge is -2.43. The van der Waals surface area contributed by atoms with Crippen LogP contribution in [-0.4, -0.2) is 88.2 Å². The number of hydrogen-bond donors (Lipinski definition) is 3. The second kappa shape index (κ2) is 15.5. The molecule has 2 bridgehead atoms. The summed E-state index contributed by atoms with van der Waals surface area (Å²) in [5.41, 5.74) is 0.692. The standard InChI is InChI=1S/C44H50F3N9O5/c1-43(2,61)31-19-33-27(18-34(31)49-40(58)32-7-5-9-37(48-32)44(45,46)47)22-55(51-33)28-12-10-25(11-13-28)20-54-29-14-15-30(54)24-53(23-29)21-26-6-4-8-35-39(26)52(3)42(60)56(35)36-16-17-38(57)50-41(36)59/h4-9,18-19,22,25,28-30,36,61H,10-17,20-21,23-24H2,1-3H3,(H,49,58)(H,50,57,59)/t25-,28-,29-,30+,36?. The Labute approximate surface area is 349 Å². The first-order chi connectivity index (χ1) is 29.0. The lowest BCUT2D eigenvalue weighted by atomic mass is 9.85. The van der Waals surface area contributed by atoms with E-state index in [4.69, 9.17) is 5.10 Å². The highest BCUT2D eigenvalue weighted by Crippen LogP contribution is 2.39. The molecule has 3 aromatic heterocycles. The monoisotopic (exact) mass is 841 g/mol. The van der Waals surface area contributed by atoms with Crippen LogP contribution in [0.3, 0.4) is 0 Å². The molecule has 9 rings (SSSR count). The molecule has 322 valence electrons. The predicted molar refractivity (Wildman–Crippen MR) is 221 cm³/mol. The number of anilines is 1. The molecule has 61 heavy (non-hydrogen) atoms. The van der Waals surface area contributed by atoms with E-state index in [2.05, 4.69) is 31.5 Å². The number of aliphatic hydroxyl groups is 1. The SMILES string of the molecule is Cn1c(=O)n(C2CCC(=O)NC2=O)c2cccc(CN3C[C@H]4CC[C@@H](C3)N4C[C@H]3CC[C@H](n4cc5cc(NC(=O)c6cccc(C(F)(F)F)n6)c(C(C)(C)O)cc5n4)CC3)c21. The minimum absolute atomic E-state index is 0.179. The third kappa shape index (κ3) is 7.87. The largest absolute Gasteiger partial charge is 0.433 e. The van der Waals surface area contributed by atoms with Gasteiger partial charge in [0.1, 0.15) is 17.4 Å². The molecule has 0 radical (unpaired) electrons. The molecular weight excluding hydrogens is 792 g/mol. The maximum absolute atomic E-state index is 13.5. The number of para-hydroxylation sites is 1. The van der Waals surface area contributed by atoms with Crippen molar-refractivity contribution in [1.29, 1.82) is 0 Å². The Kier molecular flexibility index (Phi) is 10.4. The lowest BCUT2D eigenvalue weighted by molar-refractivity contribution is -0.141. The fraction of sp³-hybridized carbons (Fsp3) is 0.500. The summed E-state index contributed by atoms with van der Waals surface area (Å²) in [6.07, 6.45) is 4.06. The zero-order valence-electron chi connectivity index (χ0n) is 34.4. The third-order valence-corrected chi connectivity index (χ3v) is 13.3. The van der Waals surface area contributed by atoms with E-state index in [1.54, 1.807) is 42.2 Å². The first-order valence-corrected chi connectivity index (χ1v) is 21.1. The Morgan fingerprint density at radius 1 is 0.934 bits per heavy atom. The molecule has 3 atom stereocenters. The van der Waals surface area contributed by atoms with Crippen LogP contribution in [0.1, 0.15) is 105 Å². The van der Waals surface area contributed by atoms with Crippen LogP contribution in [0.5, 0.6) is 0 Å². The van der Waals surface area contributed by atoms with Gasteiger partial charge >= 0.3 is 11.9 Å². The maximum Gasteiger partial charge on any atom is 0.433 e. The van der Waals surface area contributed by atoms with Gasteiger partial charge in [-0.1, -0.05) is 18.2 Å². The number of aromatic nitrogens is 5. The normalized spacial score (nSPS) is 24.1. The number of fused-ring (bicyclic) bond motifs is 4. The molecule has 6 heterocycles. The number of nitrogens with zero attached hydrogens (tertiary/aromatic N) is 7. The number of imide groups is 1. The molecule has 2 aromatic carbocycles. The maximum atomic E-state index is 13.5. The van der Waals surface area contributed by atoms with Crippen molar-refractivity contribution in [2.24, 2.45) is 13.0 Å². The number of rotatable bonds is 9. The molecule has 17 heteroatoms. The van der Waals surface area contributed by atoms with Crippen LogP contribution in [-0.2, 0) is 35.0 Å². The number of hydrogen-bond acceptors (Lipinski definition) is 9. The average Bonchev–Trinajstić information content (AvgIpc) is 3.82. The molecule has 1 aliphatic carbocycles. The Bertz CT molecular complexity index is 2590. The van der Waals surface area contributed by atoms with Gasteiger partial charge in [0.05, 0.1) is 28.2 Å². The van der Waals surface area contributed by atoms with E-state index in [1.165, 1.54) is 6.07 Å². The van der Waals surface area contributed by atoms with E-state index in [9.17, 15) is 37.5 Å². The molecule has 4 aliphatic rings. The number of imidazole rings is 1. The number of amides is 3. The predicted octanol–water partition coefficient (Wildman–Crippen LogP) is 5.64. The van der Waals surface area contributed by atoms with Gasteiger partial charge in [-0.25, -0.2) is 9.78 Å². The summed E-state index contributed by atoms with van der Waals surface area (Å²) in [5.74, 6) is -1.01. The molecule has 0 spiro atoms. The number of alkyl halides is 3. The van der Waals surface area contributed by atoms with Crippen LogP contribution in [0.4, 0.5) is 18.9 Å². The number of piperazine rings is 1. The van der Waals surface area contributed by atoms with E-state index in [0.717, 1.165) is 86.8 Å². The van der Waals surface area contributed by atoms with Crippen LogP contribution >= 0.6 is 0 Å². The van der Waals surface area contributed by atoms with Gasteiger partial charge in [-0.15, -0.1) is 0 Å². The summed E-state index contributed by atoms with van der Waals surface area (Å²) >= 11 is 0. The molecule has 3 saturated heterocycles. The van der Waals surface area contributed by atoms with Crippen molar-refractivity contribution in [2.75, 3.05) is 25.0 Å².